The second-order valence-corrected chi connectivity index (χ2v) is 11.8. The number of pyridine rings is 1. The number of ether oxygens (including phenoxy) is 1. The van der Waals surface area contributed by atoms with E-state index in [1.54, 1.807) is 18.2 Å². The average molecular weight is 624 g/mol. The number of carbonyl (C=O) groups excluding carboxylic acids is 2. The molecule has 0 atom stereocenters. The zero-order chi connectivity index (χ0) is 28.2. The first kappa shape index (κ1) is 29.1. The van der Waals surface area contributed by atoms with Crippen LogP contribution in [0.2, 0.25) is 15.1 Å². The molecular weight excluding hydrogens is 595 g/mol. The number of nitrogens with one attached hydrogen (secondary N) is 2. The summed E-state index contributed by atoms with van der Waals surface area (Å²) in [6, 6.07) is 6.39. The molecule has 0 saturated carbocycles. The molecule has 2 fully saturated rings. The SMILES string of the molecule is CN1CCN(Cc2csc(NC(=O)c3c(C(=O)Nc4ccc(Cl)cn4)cc(Cl)cc3N3CCOCC3)c2Cl)CC1. The molecule has 13 heteroatoms. The van der Waals surface area contributed by atoms with Gasteiger partial charge in [-0.05, 0) is 42.3 Å². The van der Waals surface area contributed by atoms with Gasteiger partial charge in [-0.15, -0.1) is 11.3 Å². The van der Waals surface area contributed by atoms with Crippen LogP contribution in [-0.2, 0) is 11.3 Å². The van der Waals surface area contributed by atoms with Gasteiger partial charge >= 0.3 is 0 Å². The topological polar surface area (TPSA) is 90.0 Å². The third-order valence-electron chi connectivity index (χ3n) is 6.89. The number of nitrogens with zero attached hydrogens (tertiary/aromatic N) is 4. The highest BCUT2D eigenvalue weighted by Crippen LogP contribution is 2.36. The molecule has 40 heavy (non-hydrogen) atoms. The van der Waals surface area contributed by atoms with Crippen molar-refractivity contribution in [2.45, 2.75) is 6.54 Å². The highest BCUT2D eigenvalue weighted by Gasteiger charge is 2.28. The highest BCUT2D eigenvalue weighted by atomic mass is 35.5. The molecular formula is C27H29Cl3N6O3S. The van der Waals surface area contributed by atoms with E-state index >= 15 is 0 Å². The maximum atomic E-state index is 13.9. The molecule has 212 valence electrons. The molecule has 0 unspecified atom stereocenters. The molecule has 3 aromatic rings. The number of amides is 2. The molecule has 2 N–H and O–H groups in total. The Hall–Kier alpha value is -2.44. The minimum atomic E-state index is -0.523. The maximum Gasteiger partial charge on any atom is 0.259 e. The summed E-state index contributed by atoms with van der Waals surface area (Å²) in [5.74, 6) is -0.684. The van der Waals surface area contributed by atoms with Crippen molar-refractivity contribution in [1.29, 1.82) is 0 Å². The van der Waals surface area contributed by atoms with Gasteiger partial charge < -0.3 is 25.2 Å². The van der Waals surface area contributed by atoms with Crippen molar-refractivity contribution in [2.24, 2.45) is 0 Å². The molecule has 2 aliphatic rings. The van der Waals surface area contributed by atoms with Crippen LogP contribution in [0.1, 0.15) is 26.3 Å². The summed E-state index contributed by atoms with van der Waals surface area (Å²) in [7, 11) is 2.12. The number of benzene rings is 1. The van der Waals surface area contributed by atoms with E-state index in [0.717, 1.165) is 31.7 Å². The van der Waals surface area contributed by atoms with Crippen LogP contribution in [0.15, 0.2) is 35.8 Å². The van der Waals surface area contributed by atoms with E-state index < -0.39 is 11.8 Å². The lowest BCUT2D eigenvalue weighted by atomic mass is 10.0. The van der Waals surface area contributed by atoms with E-state index in [9.17, 15) is 9.59 Å². The molecule has 2 aromatic heterocycles. The van der Waals surface area contributed by atoms with Crippen molar-refractivity contribution in [1.82, 2.24) is 14.8 Å². The number of aromatic nitrogens is 1. The van der Waals surface area contributed by atoms with Gasteiger partial charge in [0, 0.05) is 57.0 Å². The van der Waals surface area contributed by atoms with E-state index in [4.69, 9.17) is 39.5 Å². The summed E-state index contributed by atoms with van der Waals surface area (Å²) in [4.78, 5) is 38.2. The molecule has 2 aliphatic heterocycles. The Morgan fingerprint density at radius 3 is 2.42 bits per heavy atom. The van der Waals surface area contributed by atoms with Crippen LogP contribution >= 0.6 is 46.1 Å². The molecule has 0 bridgehead atoms. The van der Waals surface area contributed by atoms with Gasteiger partial charge in [0.2, 0.25) is 0 Å². The van der Waals surface area contributed by atoms with Gasteiger partial charge in [-0.25, -0.2) is 4.98 Å². The van der Waals surface area contributed by atoms with Gasteiger partial charge in [-0.3, -0.25) is 14.5 Å². The Morgan fingerprint density at radius 1 is 0.975 bits per heavy atom. The number of piperazine rings is 1. The first-order valence-corrected chi connectivity index (χ1v) is 14.9. The van der Waals surface area contributed by atoms with E-state index in [2.05, 4.69) is 32.5 Å². The summed E-state index contributed by atoms with van der Waals surface area (Å²) < 4.78 is 5.50. The van der Waals surface area contributed by atoms with Crippen LogP contribution in [0.3, 0.4) is 0 Å². The molecule has 0 aliphatic carbocycles. The van der Waals surface area contributed by atoms with Gasteiger partial charge in [0.05, 0.1) is 40.1 Å². The zero-order valence-corrected chi connectivity index (χ0v) is 25.0. The van der Waals surface area contributed by atoms with Crippen LogP contribution < -0.4 is 15.5 Å². The normalized spacial score (nSPS) is 16.6. The van der Waals surface area contributed by atoms with E-state index in [1.807, 2.05) is 10.3 Å². The van der Waals surface area contributed by atoms with Gasteiger partial charge in [0.25, 0.3) is 11.8 Å². The van der Waals surface area contributed by atoms with Crippen molar-refractivity contribution in [3.05, 3.63) is 67.6 Å². The second-order valence-electron chi connectivity index (χ2n) is 9.70. The molecule has 2 amide bonds. The minimum absolute atomic E-state index is 0.119. The molecule has 2 saturated heterocycles. The van der Waals surface area contributed by atoms with Crippen LogP contribution in [-0.4, -0.2) is 86.1 Å². The number of hydrogen-bond acceptors (Lipinski definition) is 8. The third-order valence-corrected chi connectivity index (χ3v) is 8.82. The summed E-state index contributed by atoms with van der Waals surface area (Å²) in [5, 5.41) is 9.49. The van der Waals surface area contributed by atoms with E-state index in [0.29, 0.717) is 64.4 Å². The number of carbonyl (C=O) groups is 2. The van der Waals surface area contributed by atoms with Gasteiger partial charge in [0.1, 0.15) is 10.8 Å². The number of halogens is 3. The number of anilines is 3. The monoisotopic (exact) mass is 622 g/mol. The fraction of sp³-hybridized carbons (Fsp3) is 0.370. The summed E-state index contributed by atoms with van der Waals surface area (Å²) in [6.07, 6.45) is 1.43. The number of rotatable bonds is 7. The Kier molecular flexibility index (Phi) is 9.47. The quantitative estimate of drug-likeness (QED) is 0.374. The van der Waals surface area contributed by atoms with Gasteiger partial charge in [0.15, 0.2) is 0 Å². The Morgan fingerprint density at radius 2 is 1.73 bits per heavy atom. The van der Waals surface area contributed by atoms with E-state index in [-0.39, 0.29) is 11.1 Å². The third kappa shape index (κ3) is 6.88. The van der Waals surface area contributed by atoms with Crippen molar-refractivity contribution in [2.75, 3.05) is 75.1 Å². The van der Waals surface area contributed by atoms with Gasteiger partial charge in [-0.2, -0.15) is 0 Å². The lowest BCUT2D eigenvalue weighted by Crippen LogP contribution is -2.43. The predicted octanol–water partition coefficient (Wildman–Crippen LogP) is 5.19. The number of hydrogen-bond donors (Lipinski definition) is 2. The molecule has 0 spiro atoms. The van der Waals surface area contributed by atoms with E-state index in [1.165, 1.54) is 23.6 Å². The summed E-state index contributed by atoms with van der Waals surface area (Å²) >= 11 is 20.5. The Bertz CT molecular complexity index is 1370. The Labute approximate surface area is 251 Å². The molecule has 1 aromatic carbocycles. The predicted molar refractivity (Wildman–Crippen MR) is 162 cm³/mol. The molecule has 0 radical (unpaired) electrons. The molecule has 4 heterocycles. The lowest BCUT2D eigenvalue weighted by molar-refractivity contribution is 0.0989. The second kappa shape index (κ2) is 13.0. The lowest BCUT2D eigenvalue weighted by Gasteiger charge is -2.32. The van der Waals surface area contributed by atoms with Crippen LogP contribution in [0.25, 0.3) is 0 Å². The first-order chi connectivity index (χ1) is 19.3. The molecule has 9 nitrogen and oxygen atoms in total. The number of likely N-dealkylation sites (N-methyl/N-ethyl adjacent to an activating group) is 1. The Balaban J connectivity index is 1.44. The standard InChI is InChI=1S/C27H29Cl3N6O3S/c1-34-4-6-35(7-5-34)15-17-16-40-27(24(17)30)33-26(38)23-20(25(37)32-22-3-2-18(28)14-31-22)12-19(29)13-21(23)36-8-10-39-11-9-36/h2-3,12-14,16H,4-11,15H2,1H3,(H,33,38)(H,31,32,37). The molecule has 5 rings (SSSR count). The van der Waals surface area contributed by atoms with Crippen molar-refractivity contribution >= 4 is 74.5 Å². The maximum absolute atomic E-state index is 13.9. The number of morpholine rings is 1. The average Bonchev–Trinajstić information content (AvgIpc) is 3.29. The largest absolute Gasteiger partial charge is 0.378 e. The van der Waals surface area contributed by atoms with Crippen LogP contribution in [0, 0.1) is 0 Å². The van der Waals surface area contributed by atoms with Crippen molar-refractivity contribution in [3.63, 3.8) is 0 Å². The summed E-state index contributed by atoms with van der Waals surface area (Å²) in [5.41, 5.74) is 1.83. The van der Waals surface area contributed by atoms with Gasteiger partial charge in [-0.1, -0.05) is 34.8 Å². The smallest absolute Gasteiger partial charge is 0.259 e. The summed E-state index contributed by atoms with van der Waals surface area (Å²) in [6.45, 7) is 6.72. The van der Waals surface area contributed by atoms with Crippen LogP contribution in [0.5, 0.6) is 0 Å². The fourth-order valence-corrected chi connectivity index (χ4v) is 6.20. The van der Waals surface area contributed by atoms with Crippen molar-refractivity contribution in [3.8, 4) is 0 Å². The highest BCUT2D eigenvalue weighted by molar-refractivity contribution is 7.15. The van der Waals surface area contributed by atoms with Crippen LogP contribution in [0.4, 0.5) is 16.5 Å². The number of thiophene rings is 1. The minimum Gasteiger partial charge on any atom is -0.378 e. The van der Waals surface area contributed by atoms with Crippen molar-refractivity contribution < 1.29 is 14.3 Å². The zero-order valence-electron chi connectivity index (χ0n) is 21.9. The first-order valence-electron chi connectivity index (χ1n) is 12.9. The fourth-order valence-electron chi connectivity index (χ4n) is 4.68.